The Morgan fingerprint density at radius 2 is 2.20 bits per heavy atom. The molecule has 0 bridgehead atoms. The van der Waals surface area contributed by atoms with Crippen molar-refractivity contribution >= 4 is 11.6 Å². The van der Waals surface area contributed by atoms with Crippen molar-refractivity contribution < 1.29 is 0 Å². The summed E-state index contributed by atoms with van der Waals surface area (Å²) in [7, 11) is 0. The fourth-order valence-corrected chi connectivity index (χ4v) is 2.85. The van der Waals surface area contributed by atoms with Crippen LogP contribution in [0, 0.1) is 0 Å². The van der Waals surface area contributed by atoms with Crippen LogP contribution in [0.3, 0.4) is 0 Å². The number of hydrogen-bond donors (Lipinski definition) is 1. The van der Waals surface area contributed by atoms with Crippen molar-refractivity contribution in [1.82, 2.24) is 15.2 Å². The summed E-state index contributed by atoms with van der Waals surface area (Å²) in [6.07, 6.45) is 7.45. The summed E-state index contributed by atoms with van der Waals surface area (Å²) in [5.74, 6) is 0. The molecule has 20 heavy (non-hydrogen) atoms. The minimum Gasteiger partial charge on any atom is -0.311 e. The summed E-state index contributed by atoms with van der Waals surface area (Å²) < 4.78 is 0. The van der Waals surface area contributed by atoms with E-state index in [0.717, 1.165) is 24.7 Å². The highest BCUT2D eigenvalue weighted by atomic mass is 35.5. The van der Waals surface area contributed by atoms with Crippen LogP contribution in [-0.2, 0) is 6.54 Å². The van der Waals surface area contributed by atoms with Gasteiger partial charge in [-0.15, -0.1) is 0 Å². The molecule has 1 saturated heterocycles. The largest absolute Gasteiger partial charge is 0.311 e. The first-order valence-corrected chi connectivity index (χ1v) is 7.91. The molecule has 1 aromatic heterocycles. The number of hydrogen-bond acceptors (Lipinski definition) is 3. The van der Waals surface area contributed by atoms with E-state index >= 15 is 0 Å². The van der Waals surface area contributed by atoms with Gasteiger partial charge in [-0.25, -0.2) is 0 Å². The van der Waals surface area contributed by atoms with Crippen LogP contribution < -0.4 is 5.32 Å². The highest BCUT2D eigenvalue weighted by molar-refractivity contribution is 6.31. The molecular weight excluding hydrogens is 270 g/mol. The first-order chi connectivity index (χ1) is 9.46. The summed E-state index contributed by atoms with van der Waals surface area (Å²) in [6.45, 7) is 9.80. The standard InChI is InChI=1S/C16H26ClN3/c1-16(2,3)19-10-14-6-4-5-9-20(14)12-13-7-8-18-11-15(13)17/h7-8,11,14,19H,4-6,9-10,12H2,1-3H3. The maximum atomic E-state index is 6.24. The number of nitrogens with one attached hydrogen (secondary N) is 1. The first kappa shape index (κ1) is 15.7. The van der Waals surface area contributed by atoms with Crippen LogP contribution in [0.15, 0.2) is 18.5 Å². The lowest BCUT2D eigenvalue weighted by molar-refractivity contribution is 0.131. The molecule has 0 amide bonds. The number of likely N-dealkylation sites (tertiary alicyclic amines) is 1. The summed E-state index contributed by atoms with van der Waals surface area (Å²) in [5, 5.41) is 4.41. The van der Waals surface area contributed by atoms with E-state index in [2.05, 4.69) is 36.0 Å². The van der Waals surface area contributed by atoms with Crippen LogP contribution in [0.2, 0.25) is 5.02 Å². The van der Waals surface area contributed by atoms with E-state index in [1.807, 2.05) is 12.3 Å². The third kappa shape index (κ3) is 4.72. The Hall–Kier alpha value is -0.640. The van der Waals surface area contributed by atoms with E-state index in [1.54, 1.807) is 6.20 Å². The highest BCUT2D eigenvalue weighted by Crippen LogP contribution is 2.22. The topological polar surface area (TPSA) is 28.2 Å². The number of piperidine rings is 1. The number of aromatic nitrogens is 1. The van der Waals surface area contributed by atoms with Gasteiger partial charge in [-0.05, 0) is 51.8 Å². The molecule has 0 spiro atoms. The molecule has 0 aliphatic carbocycles. The normalized spacial score (nSPS) is 21.1. The van der Waals surface area contributed by atoms with E-state index in [4.69, 9.17) is 11.6 Å². The van der Waals surface area contributed by atoms with Crippen LogP contribution in [-0.4, -0.2) is 34.6 Å². The van der Waals surface area contributed by atoms with Crippen LogP contribution >= 0.6 is 11.6 Å². The maximum Gasteiger partial charge on any atom is 0.0634 e. The third-order valence-corrected chi connectivity index (χ3v) is 4.19. The number of rotatable bonds is 4. The molecule has 1 aromatic rings. The average Bonchev–Trinajstić information content (AvgIpc) is 2.39. The first-order valence-electron chi connectivity index (χ1n) is 7.53. The Balaban J connectivity index is 1.98. The van der Waals surface area contributed by atoms with Gasteiger partial charge in [-0.3, -0.25) is 9.88 Å². The fourth-order valence-electron chi connectivity index (χ4n) is 2.67. The number of halogens is 1. The summed E-state index contributed by atoms with van der Waals surface area (Å²) in [6, 6.07) is 2.64. The molecule has 4 heteroatoms. The molecule has 1 unspecified atom stereocenters. The summed E-state index contributed by atoms with van der Waals surface area (Å²) >= 11 is 6.24. The lowest BCUT2D eigenvalue weighted by Gasteiger charge is -2.37. The Bertz CT molecular complexity index is 428. The average molecular weight is 296 g/mol. The second-order valence-corrected chi connectivity index (χ2v) is 7.13. The molecule has 1 aliphatic rings. The van der Waals surface area contributed by atoms with Gasteiger partial charge in [0.2, 0.25) is 0 Å². The quantitative estimate of drug-likeness (QED) is 0.922. The van der Waals surface area contributed by atoms with Gasteiger partial charge in [0.05, 0.1) is 5.02 Å². The zero-order valence-electron chi connectivity index (χ0n) is 12.8. The Morgan fingerprint density at radius 3 is 2.90 bits per heavy atom. The third-order valence-electron chi connectivity index (χ3n) is 3.85. The van der Waals surface area contributed by atoms with Gasteiger partial charge < -0.3 is 5.32 Å². The second kappa shape index (κ2) is 6.88. The lowest BCUT2D eigenvalue weighted by Crippen LogP contribution is -2.49. The zero-order valence-corrected chi connectivity index (χ0v) is 13.6. The highest BCUT2D eigenvalue weighted by Gasteiger charge is 2.24. The molecule has 1 aliphatic heterocycles. The van der Waals surface area contributed by atoms with Crippen molar-refractivity contribution in [1.29, 1.82) is 0 Å². The van der Waals surface area contributed by atoms with Gasteiger partial charge in [0.15, 0.2) is 0 Å². The molecule has 1 fully saturated rings. The smallest absolute Gasteiger partial charge is 0.0634 e. The van der Waals surface area contributed by atoms with Gasteiger partial charge in [-0.1, -0.05) is 18.0 Å². The molecule has 3 nitrogen and oxygen atoms in total. The van der Waals surface area contributed by atoms with Gasteiger partial charge in [0, 0.05) is 37.1 Å². The Kier molecular flexibility index (Phi) is 5.42. The van der Waals surface area contributed by atoms with Gasteiger partial charge in [0.1, 0.15) is 0 Å². The number of nitrogens with zero attached hydrogens (tertiary/aromatic N) is 2. The van der Waals surface area contributed by atoms with Gasteiger partial charge in [-0.2, -0.15) is 0 Å². The van der Waals surface area contributed by atoms with E-state index < -0.39 is 0 Å². The Labute approximate surface area is 127 Å². The van der Waals surface area contributed by atoms with Crippen molar-refractivity contribution in [3.63, 3.8) is 0 Å². The molecule has 0 aromatic carbocycles. The molecular formula is C16H26ClN3. The van der Waals surface area contributed by atoms with Crippen molar-refractivity contribution in [2.75, 3.05) is 13.1 Å². The van der Waals surface area contributed by atoms with Gasteiger partial charge in [0.25, 0.3) is 0 Å². The molecule has 2 heterocycles. The second-order valence-electron chi connectivity index (χ2n) is 6.72. The molecule has 0 radical (unpaired) electrons. The van der Waals surface area contributed by atoms with E-state index in [9.17, 15) is 0 Å². The molecule has 1 atom stereocenters. The predicted molar refractivity (Wildman–Crippen MR) is 85.1 cm³/mol. The van der Waals surface area contributed by atoms with Crippen molar-refractivity contribution in [3.8, 4) is 0 Å². The monoisotopic (exact) mass is 295 g/mol. The van der Waals surface area contributed by atoms with Crippen LogP contribution in [0.5, 0.6) is 0 Å². The predicted octanol–water partition coefficient (Wildman–Crippen LogP) is 3.48. The minimum atomic E-state index is 0.178. The molecule has 112 valence electrons. The summed E-state index contributed by atoms with van der Waals surface area (Å²) in [4.78, 5) is 6.62. The van der Waals surface area contributed by atoms with Crippen LogP contribution in [0.1, 0.15) is 45.6 Å². The number of pyridine rings is 1. The SMILES string of the molecule is CC(C)(C)NCC1CCCCN1Cc1ccncc1Cl. The van der Waals surface area contributed by atoms with Crippen molar-refractivity contribution in [2.24, 2.45) is 0 Å². The van der Waals surface area contributed by atoms with Gasteiger partial charge >= 0.3 is 0 Å². The molecule has 1 N–H and O–H groups in total. The zero-order chi connectivity index (χ0) is 14.6. The van der Waals surface area contributed by atoms with Crippen molar-refractivity contribution in [2.45, 2.75) is 58.2 Å². The fraction of sp³-hybridized carbons (Fsp3) is 0.688. The molecule has 0 saturated carbocycles. The maximum absolute atomic E-state index is 6.24. The van der Waals surface area contributed by atoms with Crippen molar-refractivity contribution in [3.05, 3.63) is 29.0 Å². The Morgan fingerprint density at radius 1 is 1.40 bits per heavy atom. The molecule has 2 rings (SSSR count). The van der Waals surface area contributed by atoms with E-state index in [-0.39, 0.29) is 5.54 Å². The van der Waals surface area contributed by atoms with Crippen LogP contribution in [0.4, 0.5) is 0 Å². The van der Waals surface area contributed by atoms with Crippen LogP contribution in [0.25, 0.3) is 0 Å². The summed E-state index contributed by atoms with van der Waals surface area (Å²) in [5.41, 5.74) is 1.36. The lowest BCUT2D eigenvalue weighted by atomic mass is 9.99. The van der Waals surface area contributed by atoms with E-state index in [1.165, 1.54) is 24.8 Å². The minimum absolute atomic E-state index is 0.178. The van der Waals surface area contributed by atoms with E-state index in [0.29, 0.717) is 6.04 Å².